The Labute approximate surface area is 82.9 Å². The van der Waals surface area contributed by atoms with Crippen LogP contribution in [0.15, 0.2) is 24.4 Å². The molecule has 1 heterocycles. The van der Waals surface area contributed by atoms with Crippen molar-refractivity contribution in [3.05, 3.63) is 35.5 Å². The van der Waals surface area contributed by atoms with Gasteiger partial charge in [-0.1, -0.05) is 6.07 Å². The first-order valence-electron chi connectivity index (χ1n) is 4.63. The largest absolute Gasteiger partial charge is 0.380 e. The first-order chi connectivity index (χ1) is 6.85. The fraction of sp³-hybridized carbons (Fsp3) is 0.273. The molecule has 1 aromatic heterocycles. The number of ether oxygens (including phenoxy) is 1. The third kappa shape index (κ3) is 1.52. The topological polar surface area (TPSA) is 51.0 Å². The van der Waals surface area contributed by atoms with E-state index in [0.29, 0.717) is 13.2 Å². The van der Waals surface area contributed by atoms with E-state index < -0.39 is 0 Å². The molecule has 0 spiro atoms. The summed E-state index contributed by atoms with van der Waals surface area (Å²) in [6.07, 6.45) is 1.98. The standard InChI is InChI=1S/C11H14N2O/c1-14-7-9-6-13-11-3-2-8(5-12)4-10(9)11/h2-4,6,13H,5,7,12H2,1H3. The molecule has 0 saturated carbocycles. The van der Waals surface area contributed by atoms with Crippen molar-refractivity contribution in [2.24, 2.45) is 5.73 Å². The zero-order valence-corrected chi connectivity index (χ0v) is 8.21. The number of methoxy groups -OCH3 is 1. The van der Waals surface area contributed by atoms with Crippen LogP contribution in [-0.4, -0.2) is 12.1 Å². The molecule has 2 aromatic rings. The van der Waals surface area contributed by atoms with E-state index in [1.807, 2.05) is 12.3 Å². The van der Waals surface area contributed by atoms with Gasteiger partial charge in [-0.3, -0.25) is 0 Å². The highest BCUT2D eigenvalue weighted by molar-refractivity contribution is 5.83. The summed E-state index contributed by atoms with van der Waals surface area (Å²) in [4.78, 5) is 3.20. The van der Waals surface area contributed by atoms with E-state index in [2.05, 4.69) is 17.1 Å². The molecule has 0 amide bonds. The smallest absolute Gasteiger partial charge is 0.0733 e. The predicted molar refractivity (Wildman–Crippen MR) is 56.9 cm³/mol. The Hall–Kier alpha value is -1.32. The minimum atomic E-state index is 0.577. The number of nitrogens with one attached hydrogen (secondary N) is 1. The number of aromatic nitrogens is 1. The molecule has 3 nitrogen and oxygen atoms in total. The second-order valence-corrected chi connectivity index (χ2v) is 3.33. The summed E-state index contributed by atoms with van der Waals surface area (Å²) in [5.41, 5.74) is 9.05. The van der Waals surface area contributed by atoms with Gasteiger partial charge in [-0.15, -0.1) is 0 Å². The van der Waals surface area contributed by atoms with E-state index in [0.717, 1.165) is 11.1 Å². The molecule has 14 heavy (non-hydrogen) atoms. The van der Waals surface area contributed by atoms with Gasteiger partial charge in [0, 0.05) is 36.3 Å². The Kier molecular flexibility index (Phi) is 2.52. The van der Waals surface area contributed by atoms with E-state index in [-0.39, 0.29) is 0 Å². The van der Waals surface area contributed by atoms with Gasteiger partial charge in [0.25, 0.3) is 0 Å². The van der Waals surface area contributed by atoms with Crippen LogP contribution in [0.1, 0.15) is 11.1 Å². The van der Waals surface area contributed by atoms with Crippen molar-refractivity contribution in [1.29, 1.82) is 0 Å². The van der Waals surface area contributed by atoms with Crippen LogP contribution >= 0.6 is 0 Å². The van der Waals surface area contributed by atoms with E-state index in [1.54, 1.807) is 7.11 Å². The summed E-state index contributed by atoms with van der Waals surface area (Å²) >= 11 is 0. The molecule has 0 saturated heterocycles. The average molecular weight is 190 g/mol. The van der Waals surface area contributed by atoms with Gasteiger partial charge in [0.15, 0.2) is 0 Å². The minimum Gasteiger partial charge on any atom is -0.380 e. The van der Waals surface area contributed by atoms with Crippen LogP contribution < -0.4 is 5.73 Å². The summed E-state index contributed by atoms with van der Waals surface area (Å²) in [6, 6.07) is 6.20. The second-order valence-electron chi connectivity index (χ2n) is 3.33. The SMILES string of the molecule is COCc1c[nH]c2ccc(CN)cc12. The van der Waals surface area contributed by atoms with Crippen LogP contribution in [0.25, 0.3) is 10.9 Å². The molecule has 0 bridgehead atoms. The Morgan fingerprint density at radius 3 is 3.00 bits per heavy atom. The number of aromatic amines is 1. The number of nitrogens with two attached hydrogens (primary N) is 1. The van der Waals surface area contributed by atoms with E-state index in [1.165, 1.54) is 10.9 Å². The molecule has 2 rings (SSSR count). The molecular formula is C11H14N2O. The van der Waals surface area contributed by atoms with Crippen molar-refractivity contribution in [1.82, 2.24) is 4.98 Å². The summed E-state index contributed by atoms with van der Waals surface area (Å²) in [7, 11) is 1.70. The van der Waals surface area contributed by atoms with Gasteiger partial charge in [-0.05, 0) is 17.7 Å². The number of benzene rings is 1. The third-order valence-corrected chi connectivity index (χ3v) is 2.37. The van der Waals surface area contributed by atoms with Crippen LogP contribution in [0.4, 0.5) is 0 Å². The van der Waals surface area contributed by atoms with Crippen molar-refractivity contribution >= 4 is 10.9 Å². The monoisotopic (exact) mass is 190 g/mol. The van der Waals surface area contributed by atoms with Gasteiger partial charge in [-0.2, -0.15) is 0 Å². The Morgan fingerprint density at radius 1 is 1.43 bits per heavy atom. The second kappa shape index (κ2) is 3.82. The number of rotatable bonds is 3. The van der Waals surface area contributed by atoms with E-state index in [9.17, 15) is 0 Å². The lowest BCUT2D eigenvalue weighted by molar-refractivity contribution is 0.186. The number of hydrogen-bond donors (Lipinski definition) is 2. The molecule has 74 valence electrons. The molecule has 0 radical (unpaired) electrons. The highest BCUT2D eigenvalue weighted by Crippen LogP contribution is 2.20. The molecule has 0 atom stereocenters. The van der Waals surface area contributed by atoms with Crippen LogP contribution in [0.2, 0.25) is 0 Å². The van der Waals surface area contributed by atoms with Crippen molar-refractivity contribution in [2.45, 2.75) is 13.2 Å². The number of hydrogen-bond acceptors (Lipinski definition) is 2. The van der Waals surface area contributed by atoms with Crippen molar-refractivity contribution < 1.29 is 4.74 Å². The summed E-state index contributed by atoms with van der Waals surface area (Å²) in [5, 5.41) is 1.20. The molecule has 0 aliphatic rings. The molecule has 3 N–H and O–H groups in total. The zero-order chi connectivity index (χ0) is 9.97. The Bertz CT molecular complexity index is 434. The van der Waals surface area contributed by atoms with Crippen molar-refractivity contribution in [2.75, 3.05) is 7.11 Å². The highest BCUT2D eigenvalue weighted by atomic mass is 16.5. The normalized spacial score (nSPS) is 11.0. The lowest BCUT2D eigenvalue weighted by Crippen LogP contribution is -1.95. The first kappa shape index (κ1) is 9.24. The van der Waals surface area contributed by atoms with E-state index in [4.69, 9.17) is 10.5 Å². The average Bonchev–Trinajstić information content (AvgIpc) is 2.61. The molecule has 0 fully saturated rings. The summed E-state index contributed by atoms with van der Waals surface area (Å²) in [5.74, 6) is 0. The highest BCUT2D eigenvalue weighted by Gasteiger charge is 2.03. The zero-order valence-electron chi connectivity index (χ0n) is 8.21. The molecular weight excluding hydrogens is 176 g/mol. The molecule has 3 heteroatoms. The fourth-order valence-corrected chi connectivity index (χ4v) is 1.63. The van der Waals surface area contributed by atoms with Crippen LogP contribution in [0.3, 0.4) is 0 Å². The van der Waals surface area contributed by atoms with Gasteiger partial charge >= 0.3 is 0 Å². The fourth-order valence-electron chi connectivity index (χ4n) is 1.63. The quantitative estimate of drug-likeness (QED) is 0.775. The molecule has 0 aliphatic heterocycles. The van der Waals surface area contributed by atoms with Gasteiger partial charge in [0.05, 0.1) is 6.61 Å². The first-order valence-corrected chi connectivity index (χ1v) is 4.63. The van der Waals surface area contributed by atoms with Gasteiger partial charge in [0.2, 0.25) is 0 Å². The van der Waals surface area contributed by atoms with Gasteiger partial charge < -0.3 is 15.5 Å². The summed E-state index contributed by atoms with van der Waals surface area (Å²) < 4.78 is 5.12. The Balaban J connectivity index is 2.52. The molecule has 0 unspecified atom stereocenters. The minimum absolute atomic E-state index is 0.577. The molecule has 0 aliphatic carbocycles. The van der Waals surface area contributed by atoms with E-state index >= 15 is 0 Å². The summed E-state index contributed by atoms with van der Waals surface area (Å²) in [6.45, 7) is 1.21. The maximum atomic E-state index is 5.59. The van der Waals surface area contributed by atoms with Gasteiger partial charge in [0.1, 0.15) is 0 Å². The maximum Gasteiger partial charge on any atom is 0.0733 e. The van der Waals surface area contributed by atoms with Crippen molar-refractivity contribution in [3.8, 4) is 0 Å². The number of fused-ring (bicyclic) bond motifs is 1. The lowest BCUT2D eigenvalue weighted by atomic mass is 10.1. The van der Waals surface area contributed by atoms with Gasteiger partial charge in [-0.25, -0.2) is 0 Å². The maximum absolute atomic E-state index is 5.59. The Morgan fingerprint density at radius 2 is 2.29 bits per heavy atom. The predicted octanol–water partition coefficient (Wildman–Crippen LogP) is 1.77. The van der Waals surface area contributed by atoms with Crippen molar-refractivity contribution in [3.63, 3.8) is 0 Å². The number of H-pyrrole nitrogens is 1. The van der Waals surface area contributed by atoms with Crippen LogP contribution in [0, 0.1) is 0 Å². The van der Waals surface area contributed by atoms with Crippen LogP contribution in [-0.2, 0) is 17.9 Å². The molecule has 1 aromatic carbocycles. The third-order valence-electron chi connectivity index (χ3n) is 2.37. The van der Waals surface area contributed by atoms with Crippen LogP contribution in [0.5, 0.6) is 0 Å². The lowest BCUT2D eigenvalue weighted by Gasteiger charge is -1.99.